The molecule has 0 saturated carbocycles. The lowest BCUT2D eigenvalue weighted by Gasteiger charge is -2.19. The number of aliphatic hydroxyl groups is 1. The summed E-state index contributed by atoms with van der Waals surface area (Å²) in [5.41, 5.74) is -0.0968. The van der Waals surface area contributed by atoms with Gasteiger partial charge in [-0.25, -0.2) is 0 Å². The van der Waals surface area contributed by atoms with E-state index >= 15 is 0 Å². The first-order valence-electron chi connectivity index (χ1n) is 5.01. The summed E-state index contributed by atoms with van der Waals surface area (Å²) in [4.78, 5) is 0. The molecule has 1 aromatic carbocycles. The molecule has 0 spiro atoms. The van der Waals surface area contributed by atoms with Gasteiger partial charge in [-0.3, -0.25) is 0 Å². The van der Waals surface area contributed by atoms with Gasteiger partial charge in [-0.15, -0.1) is 0 Å². The van der Waals surface area contributed by atoms with Gasteiger partial charge in [0.05, 0.1) is 5.60 Å². The molecule has 0 aliphatic carbocycles. The smallest absolute Gasteiger partial charge is 0.139 e. The Hall–Kier alpha value is -0.850. The van der Waals surface area contributed by atoms with Crippen molar-refractivity contribution in [2.45, 2.75) is 19.4 Å². The topological polar surface area (TPSA) is 37.3 Å². The highest BCUT2D eigenvalue weighted by Crippen LogP contribution is 2.56. The summed E-state index contributed by atoms with van der Waals surface area (Å²) >= 11 is 0. The predicted molar refractivity (Wildman–Crippen MR) is 62.9 cm³/mol. The van der Waals surface area contributed by atoms with Crippen LogP contribution in [0.4, 0.5) is 0 Å². The predicted octanol–water partition coefficient (Wildman–Crippen LogP) is 2.34. The molecular weight excluding hydrogens is 207 g/mol. The van der Waals surface area contributed by atoms with Gasteiger partial charge in [-0.2, -0.15) is 0 Å². The lowest BCUT2D eigenvalue weighted by molar-refractivity contribution is 0.126. The Labute approximate surface area is 90.0 Å². The highest BCUT2D eigenvalue weighted by molar-refractivity contribution is 7.75. The van der Waals surface area contributed by atoms with Crippen molar-refractivity contribution in [3.8, 4) is 0 Å². The fourth-order valence-electron chi connectivity index (χ4n) is 1.93. The average Bonchev–Trinajstić information content (AvgIpc) is 2.38. The molecule has 1 aliphatic heterocycles. The number of rotatable bonds is 1. The van der Waals surface area contributed by atoms with E-state index in [2.05, 4.69) is 0 Å². The van der Waals surface area contributed by atoms with Crippen molar-refractivity contribution in [1.29, 1.82) is 0 Å². The van der Waals surface area contributed by atoms with E-state index in [1.807, 2.05) is 37.3 Å². The largest absolute Gasteiger partial charge is 0.385 e. The molecule has 2 rings (SSSR count). The Balaban J connectivity index is 2.45. The summed E-state index contributed by atoms with van der Waals surface area (Å²) in [6.45, 7) is 3.56. The number of hydrogen-bond acceptors (Lipinski definition) is 2. The molecule has 1 heterocycles. The third-order valence-electron chi connectivity index (χ3n) is 2.99. The molecular formula is C12H15O2P. The maximum atomic E-state index is 12.6. The van der Waals surface area contributed by atoms with Crippen molar-refractivity contribution < 1.29 is 9.67 Å². The molecule has 80 valence electrons. The third kappa shape index (κ3) is 1.80. The molecule has 15 heavy (non-hydrogen) atoms. The first-order chi connectivity index (χ1) is 6.94. The summed E-state index contributed by atoms with van der Waals surface area (Å²) < 4.78 is 12.6. The zero-order valence-electron chi connectivity index (χ0n) is 8.97. The second kappa shape index (κ2) is 3.33. The van der Waals surface area contributed by atoms with Crippen LogP contribution in [0.1, 0.15) is 13.8 Å². The molecule has 1 aliphatic rings. The molecule has 3 heteroatoms. The maximum absolute atomic E-state index is 12.6. The third-order valence-corrected chi connectivity index (χ3v) is 6.05. The van der Waals surface area contributed by atoms with Crippen LogP contribution in [-0.4, -0.2) is 16.9 Å². The van der Waals surface area contributed by atoms with Crippen LogP contribution in [0.2, 0.25) is 0 Å². The Morgan fingerprint density at radius 3 is 2.40 bits per heavy atom. The minimum absolute atomic E-state index is 0.329. The molecule has 0 fully saturated rings. The molecule has 2 nitrogen and oxygen atoms in total. The van der Waals surface area contributed by atoms with Crippen LogP contribution < -0.4 is 5.30 Å². The molecule has 1 N–H and O–H groups in total. The molecule has 0 amide bonds. The van der Waals surface area contributed by atoms with Crippen molar-refractivity contribution in [3.63, 3.8) is 0 Å². The van der Waals surface area contributed by atoms with Crippen LogP contribution in [0, 0.1) is 0 Å². The monoisotopic (exact) mass is 222 g/mol. The summed E-state index contributed by atoms with van der Waals surface area (Å²) in [5, 5.41) is 10.9. The lowest BCUT2D eigenvalue weighted by atomic mass is 10.0. The first-order valence-corrected chi connectivity index (χ1v) is 6.97. The molecule has 0 saturated heterocycles. The molecule has 1 unspecified atom stereocenters. The summed E-state index contributed by atoms with van der Waals surface area (Å²) in [6.07, 6.45) is 0.329. The zero-order chi connectivity index (χ0) is 11.1. The van der Waals surface area contributed by atoms with Gasteiger partial charge in [0.15, 0.2) is 0 Å². The SMILES string of the molecule is CC1=CP(=O)(c2ccccc2)C[C@@]1(C)O. The van der Waals surface area contributed by atoms with Crippen LogP contribution >= 0.6 is 7.14 Å². The van der Waals surface area contributed by atoms with Gasteiger partial charge in [0.1, 0.15) is 7.14 Å². The van der Waals surface area contributed by atoms with Crippen molar-refractivity contribution in [1.82, 2.24) is 0 Å². The van der Waals surface area contributed by atoms with Crippen LogP contribution in [0.15, 0.2) is 41.7 Å². The van der Waals surface area contributed by atoms with Crippen LogP contribution in [0.25, 0.3) is 0 Å². The van der Waals surface area contributed by atoms with Gasteiger partial charge >= 0.3 is 0 Å². The standard InChI is InChI=1S/C12H15O2P/c1-10-8-15(14,9-12(10,2)13)11-6-4-3-5-7-11/h3-8,13H,9H2,1-2H3/t12-,15?/m1/s1. The molecule has 0 bridgehead atoms. The van der Waals surface area contributed by atoms with Gasteiger partial charge < -0.3 is 9.67 Å². The molecule has 0 radical (unpaired) electrons. The first kappa shape index (κ1) is 10.7. The van der Waals surface area contributed by atoms with E-state index in [9.17, 15) is 9.67 Å². The van der Waals surface area contributed by atoms with E-state index in [-0.39, 0.29) is 0 Å². The highest BCUT2D eigenvalue weighted by atomic mass is 31.2. The van der Waals surface area contributed by atoms with Gasteiger partial charge in [0.25, 0.3) is 0 Å². The summed E-state index contributed by atoms with van der Waals surface area (Å²) in [7, 11) is -2.51. The Bertz CT molecular complexity index is 446. The normalized spacial score (nSPS) is 35.3. The van der Waals surface area contributed by atoms with Gasteiger partial charge in [-0.1, -0.05) is 30.3 Å². The van der Waals surface area contributed by atoms with E-state index < -0.39 is 12.7 Å². The Kier molecular flexibility index (Phi) is 2.37. The number of benzene rings is 1. The van der Waals surface area contributed by atoms with Crippen LogP contribution in [0.5, 0.6) is 0 Å². The number of hydrogen-bond donors (Lipinski definition) is 1. The summed E-state index contributed by atoms with van der Waals surface area (Å²) in [6, 6.07) is 9.40. The van der Waals surface area contributed by atoms with Crippen molar-refractivity contribution in [3.05, 3.63) is 41.7 Å². The van der Waals surface area contributed by atoms with Crippen molar-refractivity contribution in [2.75, 3.05) is 6.16 Å². The molecule has 0 aromatic heterocycles. The Morgan fingerprint density at radius 1 is 1.33 bits per heavy atom. The van der Waals surface area contributed by atoms with E-state index in [1.165, 1.54) is 0 Å². The fraction of sp³-hybridized carbons (Fsp3) is 0.333. The van der Waals surface area contributed by atoms with E-state index in [0.29, 0.717) is 6.16 Å². The minimum atomic E-state index is -2.51. The highest BCUT2D eigenvalue weighted by Gasteiger charge is 2.40. The van der Waals surface area contributed by atoms with E-state index in [4.69, 9.17) is 0 Å². The van der Waals surface area contributed by atoms with Gasteiger partial charge in [0.2, 0.25) is 0 Å². The second-order valence-electron chi connectivity index (χ2n) is 4.38. The van der Waals surface area contributed by atoms with E-state index in [1.54, 1.807) is 12.7 Å². The van der Waals surface area contributed by atoms with Crippen molar-refractivity contribution >= 4 is 12.4 Å². The molecule has 2 atom stereocenters. The lowest BCUT2D eigenvalue weighted by Crippen LogP contribution is -2.27. The van der Waals surface area contributed by atoms with Gasteiger partial charge in [0, 0.05) is 11.5 Å². The van der Waals surface area contributed by atoms with E-state index in [0.717, 1.165) is 10.9 Å². The fourth-order valence-corrected chi connectivity index (χ4v) is 5.09. The molecule has 1 aromatic rings. The average molecular weight is 222 g/mol. The van der Waals surface area contributed by atoms with Crippen LogP contribution in [0.3, 0.4) is 0 Å². The summed E-state index contributed by atoms with van der Waals surface area (Å²) in [5.74, 6) is 1.75. The van der Waals surface area contributed by atoms with Gasteiger partial charge in [-0.05, 0) is 25.2 Å². The Morgan fingerprint density at radius 2 is 1.93 bits per heavy atom. The van der Waals surface area contributed by atoms with Crippen LogP contribution in [-0.2, 0) is 4.57 Å². The maximum Gasteiger partial charge on any atom is 0.139 e. The van der Waals surface area contributed by atoms with Crippen molar-refractivity contribution in [2.24, 2.45) is 0 Å². The zero-order valence-corrected chi connectivity index (χ0v) is 9.87. The second-order valence-corrected chi connectivity index (χ2v) is 7.06. The quantitative estimate of drug-likeness (QED) is 0.740. The minimum Gasteiger partial charge on any atom is -0.385 e.